The fourth-order valence-corrected chi connectivity index (χ4v) is 4.47. The van der Waals surface area contributed by atoms with E-state index in [1.807, 2.05) is 32.0 Å². The smallest absolute Gasteiger partial charge is 0.343 e. The molecule has 0 atom stereocenters. The molecule has 1 saturated heterocycles. The van der Waals surface area contributed by atoms with Crippen LogP contribution < -0.4 is 4.74 Å². The standard InChI is InChI=1S/C19H21NO4S/c1-14-6-5-7-15(2)18(14)24-19(21)16-8-10-17(11-9-16)25(22,23)20-12-3-4-13-20/h5-11H,3-4,12-13H2,1-2H3. The molecule has 2 aromatic rings. The molecule has 25 heavy (non-hydrogen) atoms. The third-order valence-electron chi connectivity index (χ3n) is 4.40. The van der Waals surface area contributed by atoms with Crippen LogP contribution in [0.1, 0.15) is 34.3 Å². The maximum atomic E-state index is 12.5. The van der Waals surface area contributed by atoms with Crippen LogP contribution in [0.25, 0.3) is 0 Å². The number of sulfonamides is 1. The predicted octanol–water partition coefficient (Wildman–Crippen LogP) is 3.31. The Morgan fingerprint density at radius 2 is 1.52 bits per heavy atom. The molecule has 1 fully saturated rings. The third-order valence-corrected chi connectivity index (χ3v) is 6.31. The number of para-hydroxylation sites is 1. The van der Waals surface area contributed by atoms with E-state index in [4.69, 9.17) is 4.74 Å². The van der Waals surface area contributed by atoms with Gasteiger partial charge in [0.15, 0.2) is 0 Å². The van der Waals surface area contributed by atoms with E-state index in [1.54, 1.807) is 0 Å². The minimum Gasteiger partial charge on any atom is -0.422 e. The molecule has 3 rings (SSSR count). The lowest BCUT2D eigenvalue weighted by Crippen LogP contribution is -2.27. The second-order valence-corrected chi connectivity index (χ2v) is 8.18. The van der Waals surface area contributed by atoms with Gasteiger partial charge in [-0.25, -0.2) is 13.2 Å². The summed E-state index contributed by atoms with van der Waals surface area (Å²) in [6.07, 6.45) is 1.78. The maximum absolute atomic E-state index is 12.5. The molecule has 2 aromatic carbocycles. The second-order valence-electron chi connectivity index (χ2n) is 6.25. The molecule has 1 aliphatic rings. The molecule has 5 nitrogen and oxygen atoms in total. The van der Waals surface area contributed by atoms with Gasteiger partial charge in [-0.1, -0.05) is 18.2 Å². The van der Waals surface area contributed by atoms with Crippen molar-refractivity contribution < 1.29 is 17.9 Å². The number of rotatable bonds is 4. The van der Waals surface area contributed by atoms with Crippen molar-refractivity contribution in [1.82, 2.24) is 4.31 Å². The number of hydrogen-bond donors (Lipinski definition) is 0. The highest BCUT2D eigenvalue weighted by atomic mass is 32.2. The van der Waals surface area contributed by atoms with Crippen LogP contribution in [0.15, 0.2) is 47.4 Å². The van der Waals surface area contributed by atoms with Gasteiger partial charge in [-0.05, 0) is 62.1 Å². The van der Waals surface area contributed by atoms with Crippen molar-refractivity contribution in [2.24, 2.45) is 0 Å². The van der Waals surface area contributed by atoms with Gasteiger partial charge in [0.1, 0.15) is 5.75 Å². The first-order valence-corrected chi connectivity index (χ1v) is 9.72. The number of hydrogen-bond acceptors (Lipinski definition) is 4. The number of esters is 1. The Morgan fingerprint density at radius 1 is 0.960 bits per heavy atom. The van der Waals surface area contributed by atoms with E-state index in [-0.39, 0.29) is 4.90 Å². The molecule has 1 heterocycles. The minimum atomic E-state index is -3.47. The Bertz CT molecular complexity index is 862. The Balaban J connectivity index is 1.79. The van der Waals surface area contributed by atoms with Gasteiger partial charge in [0.05, 0.1) is 10.5 Å². The average Bonchev–Trinajstić information content (AvgIpc) is 3.14. The molecule has 6 heteroatoms. The van der Waals surface area contributed by atoms with Crippen LogP contribution in [0, 0.1) is 13.8 Å². The van der Waals surface area contributed by atoms with Crippen molar-refractivity contribution in [3.05, 3.63) is 59.2 Å². The summed E-state index contributed by atoms with van der Waals surface area (Å²) in [6, 6.07) is 11.6. The first-order chi connectivity index (χ1) is 11.9. The molecule has 0 radical (unpaired) electrons. The van der Waals surface area contributed by atoms with Crippen LogP contribution >= 0.6 is 0 Å². The first-order valence-electron chi connectivity index (χ1n) is 8.28. The Morgan fingerprint density at radius 3 is 2.08 bits per heavy atom. The van der Waals surface area contributed by atoms with Crippen molar-refractivity contribution in [1.29, 1.82) is 0 Å². The zero-order valence-electron chi connectivity index (χ0n) is 14.4. The van der Waals surface area contributed by atoms with Crippen molar-refractivity contribution >= 4 is 16.0 Å². The maximum Gasteiger partial charge on any atom is 0.343 e. The highest BCUT2D eigenvalue weighted by Gasteiger charge is 2.27. The van der Waals surface area contributed by atoms with E-state index in [0.717, 1.165) is 24.0 Å². The van der Waals surface area contributed by atoms with Gasteiger partial charge in [-0.2, -0.15) is 4.31 Å². The molecule has 0 aliphatic carbocycles. The number of nitrogens with zero attached hydrogens (tertiary/aromatic N) is 1. The second kappa shape index (κ2) is 6.98. The fourth-order valence-electron chi connectivity index (χ4n) is 2.95. The number of carbonyl (C=O) groups excluding carboxylic acids is 1. The summed E-state index contributed by atoms with van der Waals surface area (Å²) in [4.78, 5) is 12.6. The quantitative estimate of drug-likeness (QED) is 0.621. The van der Waals surface area contributed by atoms with E-state index in [0.29, 0.717) is 24.4 Å². The normalized spacial score (nSPS) is 15.3. The van der Waals surface area contributed by atoms with Crippen LogP contribution in [0.3, 0.4) is 0 Å². The molecule has 0 aromatic heterocycles. The molecule has 0 bridgehead atoms. The van der Waals surface area contributed by atoms with Crippen LogP contribution in [-0.4, -0.2) is 31.8 Å². The van der Waals surface area contributed by atoms with Crippen molar-refractivity contribution in [2.45, 2.75) is 31.6 Å². The average molecular weight is 359 g/mol. The molecule has 0 N–H and O–H groups in total. The SMILES string of the molecule is Cc1cccc(C)c1OC(=O)c1ccc(S(=O)(=O)N2CCCC2)cc1. The molecular weight excluding hydrogens is 338 g/mol. The van der Waals surface area contributed by atoms with Gasteiger partial charge in [0, 0.05) is 13.1 Å². The van der Waals surface area contributed by atoms with E-state index in [2.05, 4.69) is 0 Å². The Hall–Kier alpha value is -2.18. The van der Waals surface area contributed by atoms with E-state index >= 15 is 0 Å². The largest absolute Gasteiger partial charge is 0.422 e. The molecule has 1 aliphatic heterocycles. The van der Waals surface area contributed by atoms with Gasteiger partial charge >= 0.3 is 5.97 Å². The highest BCUT2D eigenvalue weighted by Crippen LogP contribution is 2.24. The number of aryl methyl sites for hydroxylation is 2. The lowest BCUT2D eigenvalue weighted by Gasteiger charge is -2.15. The lowest BCUT2D eigenvalue weighted by molar-refractivity contribution is 0.0732. The summed E-state index contributed by atoms with van der Waals surface area (Å²) < 4.78 is 32.0. The first kappa shape index (κ1) is 17.6. The zero-order chi connectivity index (χ0) is 18.0. The molecule has 0 amide bonds. The van der Waals surface area contributed by atoms with Crippen molar-refractivity contribution in [2.75, 3.05) is 13.1 Å². The summed E-state index contributed by atoms with van der Waals surface area (Å²) in [7, 11) is -3.47. The van der Waals surface area contributed by atoms with Gasteiger partial charge in [-0.15, -0.1) is 0 Å². The summed E-state index contributed by atoms with van der Waals surface area (Å²) in [5.41, 5.74) is 2.08. The van der Waals surface area contributed by atoms with Crippen LogP contribution in [0.5, 0.6) is 5.75 Å². The van der Waals surface area contributed by atoms with Gasteiger partial charge in [0.2, 0.25) is 10.0 Å². The topological polar surface area (TPSA) is 63.7 Å². The fraction of sp³-hybridized carbons (Fsp3) is 0.316. The van der Waals surface area contributed by atoms with Crippen LogP contribution in [-0.2, 0) is 10.0 Å². The monoisotopic (exact) mass is 359 g/mol. The highest BCUT2D eigenvalue weighted by molar-refractivity contribution is 7.89. The Labute approximate surface area is 148 Å². The zero-order valence-corrected chi connectivity index (χ0v) is 15.2. The van der Waals surface area contributed by atoms with Gasteiger partial charge in [-0.3, -0.25) is 0 Å². The van der Waals surface area contributed by atoms with E-state index in [1.165, 1.54) is 28.6 Å². The summed E-state index contributed by atoms with van der Waals surface area (Å²) in [5.74, 6) is 0.0452. The summed E-state index contributed by atoms with van der Waals surface area (Å²) >= 11 is 0. The lowest BCUT2D eigenvalue weighted by atomic mass is 10.1. The summed E-state index contributed by atoms with van der Waals surface area (Å²) in [5, 5.41) is 0. The number of benzene rings is 2. The van der Waals surface area contributed by atoms with Gasteiger partial charge in [0.25, 0.3) is 0 Å². The van der Waals surface area contributed by atoms with Crippen LogP contribution in [0.2, 0.25) is 0 Å². The van der Waals surface area contributed by atoms with Crippen molar-refractivity contribution in [3.63, 3.8) is 0 Å². The minimum absolute atomic E-state index is 0.207. The van der Waals surface area contributed by atoms with E-state index < -0.39 is 16.0 Å². The van der Waals surface area contributed by atoms with Gasteiger partial charge < -0.3 is 4.74 Å². The number of carbonyl (C=O) groups is 1. The molecule has 0 unspecified atom stereocenters. The Kier molecular flexibility index (Phi) is 4.92. The molecule has 132 valence electrons. The predicted molar refractivity (Wildman–Crippen MR) is 95.3 cm³/mol. The van der Waals surface area contributed by atoms with E-state index in [9.17, 15) is 13.2 Å². The molecular formula is C19H21NO4S. The molecule has 0 spiro atoms. The third kappa shape index (κ3) is 3.60. The van der Waals surface area contributed by atoms with Crippen molar-refractivity contribution in [3.8, 4) is 5.75 Å². The van der Waals surface area contributed by atoms with Crippen LogP contribution in [0.4, 0.5) is 0 Å². The molecule has 0 saturated carbocycles. The number of ether oxygens (including phenoxy) is 1. The summed E-state index contributed by atoms with van der Waals surface area (Å²) in [6.45, 7) is 4.86.